The Morgan fingerprint density at radius 3 is 2.44 bits per heavy atom. The maximum absolute atomic E-state index is 12.2. The van der Waals surface area contributed by atoms with Gasteiger partial charge in [-0.2, -0.15) is 0 Å². The Morgan fingerprint density at radius 1 is 1.15 bits per heavy atom. The molecule has 2 aromatic carbocycles. The fraction of sp³-hybridized carbons (Fsp3) is 0.200. The molecule has 0 aromatic heterocycles. The standard InChI is InChI=1S/C20H19ClN2O3S/c1-12-17(19(24)25-2)18(23-20(27)22-12)14-5-9-16(10-6-14)26-11-13-3-7-15(21)8-4-13/h3-10,18H,11H2,1-2H3,(H2,22,23,27)/t18-/m1/s1. The first-order valence-corrected chi connectivity index (χ1v) is 9.10. The van der Waals surface area contributed by atoms with Crippen molar-refractivity contribution in [1.29, 1.82) is 0 Å². The van der Waals surface area contributed by atoms with Crippen molar-refractivity contribution in [1.82, 2.24) is 10.6 Å². The van der Waals surface area contributed by atoms with Crippen LogP contribution in [0.15, 0.2) is 59.8 Å². The first kappa shape index (κ1) is 19.2. The number of rotatable bonds is 5. The van der Waals surface area contributed by atoms with Gasteiger partial charge in [0, 0.05) is 10.7 Å². The molecule has 7 heteroatoms. The lowest BCUT2D eigenvalue weighted by molar-refractivity contribution is -0.136. The average Bonchev–Trinajstić information content (AvgIpc) is 2.67. The first-order chi connectivity index (χ1) is 13.0. The molecule has 2 aromatic rings. The number of carbonyl (C=O) groups is 1. The molecule has 1 aliphatic rings. The van der Waals surface area contributed by atoms with Gasteiger partial charge in [-0.05, 0) is 54.5 Å². The largest absolute Gasteiger partial charge is 0.489 e. The second-order valence-corrected chi connectivity index (χ2v) is 6.89. The van der Waals surface area contributed by atoms with E-state index in [1.807, 2.05) is 48.5 Å². The van der Waals surface area contributed by atoms with E-state index in [0.29, 0.717) is 28.0 Å². The van der Waals surface area contributed by atoms with Crippen LogP contribution in [0.3, 0.4) is 0 Å². The van der Waals surface area contributed by atoms with E-state index in [1.54, 1.807) is 6.92 Å². The molecule has 1 aliphatic heterocycles. The second kappa shape index (κ2) is 8.41. The number of methoxy groups -OCH3 is 1. The van der Waals surface area contributed by atoms with Crippen molar-refractivity contribution in [2.24, 2.45) is 0 Å². The smallest absolute Gasteiger partial charge is 0.337 e. The third-order valence-electron chi connectivity index (χ3n) is 4.21. The summed E-state index contributed by atoms with van der Waals surface area (Å²) in [5.41, 5.74) is 3.09. The Balaban J connectivity index is 1.75. The number of hydrogen-bond acceptors (Lipinski definition) is 4. The van der Waals surface area contributed by atoms with E-state index >= 15 is 0 Å². The van der Waals surface area contributed by atoms with Gasteiger partial charge in [-0.25, -0.2) is 4.79 Å². The van der Waals surface area contributed by atoms with Crippen molar-refractivity contribution < 1.29 is 14.3 Å². The first-order valence-electron chi connectivity index (χ1n) is 8.31. The van der Waals surface area contributed by atoms with Crippen LogP contribution in [0.5, 0.6) is 5.75 Å². The highest BCUT2D eigenvalue weighted by Gasteiger charge is 2.30. The number of benzene rings is 2. The van der Waals surface area contributed by atoms with Crippen LogP contribution < -0.4 is 15.4 Å². The van der Waals surface area contributed by atoms with Gasteiger partial charge in [-0.3, -0.25) is 0 Å². The highest BCUT2D eigenvalue weighted by atomic mass is 35.5. The number of thiocarbonyl (C=S) groups is 1. The zero-order valence-electron chi connectivity index (χ0n) is 14.9. The fourth-order valence-corrected chi connectivity index (χ4v) is 3.23. The molecule has 3 rings (SSSR count). The summed E-state index contributed by atoms with van der Waals surface area (Å²) >= 11 is 11.1. The van der Waals surface area contributed by atoms with Gasteiger partial charge < -0.3 is 20.1 Å². The van der Waals surface area contributed by atoms with Gasteiger partial charge in [0.05, 0.1) is 18.7 Å². The van der Waals surface area contributed by atoms with Crippen molar-refractivity contribution in [3.05, 3.63) is 76.0 Å². The molecule has 2 N–H and O–H groups in total. The molecule has 0 fully saturated rings. The van der Waals surface area contributed by atoms with E-state index in [-0.39, 0.29) is 6.04 Å². The number of hydrogen-bond donors (Lipinski definition) is 2. The minimum atomic E-state index is -0.400. The van der Waals surface area contributed by atoms with Gasteiger partial charge in [-0.15, -0.1) is 0 Å². The molecule has 1 atom stereocenters. The maximum Gasteiger partial charge on any atom is 0.337 e. The second-order valence-electron chi connectivity index (χ2n) is 6.05. The van der Waals surface area contributed by atoms with Crippen LogP contribution in [0.4, 0.5) is 0 Å². The average molecular weight is 403 g/mol. The quantitative estimate of drug-likeness (QED) is 0.584. The lowest BCUT2D eigenvalue weighted by atomic mass is 9.95. The topological polar surface area (TPSA) is 59.6 Å². The number of allylic oxidation sites excluding steroid dienone is 1. The van der Waals surface area contributed by atoms with Crippen LogP contribution in [0.25, 0.3) is 0 Å². The third-order valence-corrected chi connectivity index (χ3v) is 4.68. The maximum atomic E-state index is 12.2. The molecule has 0 spiro atoms. The molecular weight excluding hydrogens is 384 g/mol. The predicted octanol–water partition coefficient (Wildman–Crippen LogP) is 3.88. The Bertz CT molecular complexity index is 879. The predicted molar refractivity (Wildman–Crippen MR) is 109 cm³/mol. The Kier molecular flexibility index (Phi) is 5.98. The molecule has 0 saturated heterocycles. The number of halogens is 1. The van der Waals surface area contributed by atoms with Crippen molar-refractivity contribution in [3.63, 3.8) is 0 Å². The normalized spacial score (nSPS) is 16.4. The summed E-state index contributed by atoms with van der Waals surface area (Å²) in [6, 6.07) is 14.7. The lowest BCUT2D eigenvalue weighted by Gasteiger charge is -2.29. The van der Waals surface area contributed by atoms with Crippen molar-refractivity contribution >= 4 is 34.9 Å². The van der Waals surface area contributed by atoms with Gasteiger partial charge in [0.25, 0.3) is 0 Å². The molecule has 27 heavy (non-hydrogen) atoms. The summed E-state index contributed by atoms with van der Waals surface area (Å²) in [6.07, 6.45) is 0. The molecule has 0 aliphatic carbocycles. The van der Waals surface area contributed by atoms with Crippen LogP contribution in [-0.2, 0) is 16.1 Å². The summed E-state index contributed by atoms with van der Waals surface area (Å²) in [7, 11) is 1.36. The molecule has 5 nitrogen and oxygen atoms in total. The Labute approximate surface area is 168 Å². The summed E-state index contributed by atoms with van der Waals surface area (Å²) in [5, 5.41) is 7.24. The van der Waals surface area contributed by atoms with Crippen LogP contribution >= 0.6 is 23.8 Å². The molecular formula is C20H19ClN2O3S. The van der Waals surface area contributed by atoms with Crippen molar-refractivity contribution in [2.45, 2.75) is 19.6 Å². The number of esters is 1. The molecule has 140 valence electrons. The minimum absolute atomic E-state index is 0.378. The number of ether oxygens (including phenoxy) is 2. The summed E-state index contributed by atoms with van der Waals surface area (Å²) in [6.45, 7) is 2.24. The Morgan fingerprint density at radius 2 is 1.81 bits per heavy atom. The van der Waals surface area contributed by atoms with Gasteiger partial charge >= 0.3 is 5.97 Å². The molecule has 0 amide bonds. The molecule has 0 bridgehead atoms. The minimum Gasteiger partial charge on any atom is -0.489 e. The molecule has 0 unspecified atom stereocenters. The van der Waals surface area contributed by atoms with Crippen LogP contribution in [0.1, 0.15) is 24.1 Å². The number of carbonyl (C=O) groups excluding carboxylic acids is 1. The summed E-state index contributed by atoms with van der Waals surface area (Å²) in [5.74, 6) is 0.327. The van der Waals surface area contributed by atoms with Gasteiger partial charge in [0.2, 0.25) is 0 Å². The van der Waals surface area contributed by atoms with E-state index in [0.717, 1.165) is 16.9 Å². The zero-order chi connectivity index (χ0) is 19.4. The van der Waals surface area contributed by atoms with Crippen LogP contribution in [-0.4, -0.2) is 18.2 Å². The fourth-order valence-electron chi connectivity index (χ4n) is 2.83. The third kappa shape index (κ3) is 4.59. The van der Waals surface area contributed by atoms with E-state index in [4.69, 9.17) is 33.3 Å². The molecule has 1 heterocycles. The SMILES string of the molecule is COC(=O)C1=C(C)NC(=S)N[C@@H]1c1ccc(OCc2ccc(Cl)cc2)cc1. The summed E-state index contributed by atoms with van der Waals surface area (Å²) < 4.78 is 10.7. The molecule has 0 saturated carbocycles. The van der Waals surface area contributed by atoms with Crippen LogP contribution in [0, 0.1) is 0 Å². The van der Waals surface area contributed by atoms with E-state index in [1.165, 1.54) is 7.11 Å². The van der Waals surface area contributed by atoms with E-state index < -0.39 is 5.97 Å². The van der Waals surface area contributed by atoms with Gasteiger partial charge in [-0.1, -0.05) is 35.9 Å². The summed E-state index contributed by atoms with van der Waals surface area (Å²) in [4.78, 5) is 12.2. The van der Waals surface area contributed by atoms with Crippen molar-refractivity contribution in [2.75, 3.05) is 7.11 Å². The zero-order valence-corrected chi connectivity index (χ0v) is 16.5. The lowest BCUT2D eigenvalue weighted by Crippen LogP contribution is -2.45. The molecule has 0 radical (unpaired) electrons. The Hall–Kier alpha value is -2.57. The van der Waals surface area contributed by atoms with E-state index in [9.17, 15) is 4.79 Å². The van der Waals surface area contributed by atoms with Crippen molar-refractivity contribution in [3.8, 4) is 5.75 Å². The van der Waals surface area contributed by atoms with Gasteiger partial charge in [0.15, 0.2) is 5.11 Å². The van der Waals surface area contributed by atoms with Gasteiger partial charge in [0.1, 0.15) is 12.4 Å². The highest BCUT2D eigenvalue weighted by molar-refractivity contribution is 7.80. The number of nitrogens with one attached hydrogen (secondary N) is 2. The van der Waals surface area contributed by atoms with Crippen LogP contribution in [0.2, 0.25) is 5.02 Å². The highest BCUT2D eigenvalue weighted by Crippen LogP contribution is 2.29. The van der Waals surface area contributed by atoms with E-state index in [2.05, 4.69) is 10.6 Å². The monoisotopic (exact) mass is 402 g/mol.